The predicted molar refractivity (Wildman–Crippen MR) is 123 cm³/mol. The highest BCUT2D eigenvalue weighted by Gasteiger charge is 2.36. The zero-order valence-electron chi connectivity index (χ0n) is 19.4. The first kappa shape index (κ1) is 23.6. The molecule has 32 heavy (non-hydrogen) atoms. The number of fused-ring (bicyclic) bond motifs is 1. The van der Waals surface area contributed by atoms with Gasteiger partial charge in [-0.05, 0) is 45.4 Å². The van der Waals surface area contributed by atoms with Gasteiger partial charge in [-0.25, -0.2) is 4.79 Å². The highest BCUT2D eigenvalue weighted by molar-refractivity contribution is 5.95. The smallest absolute Gasteiger partial charge is 0.410 e. The molecule has 1 N–H and O–H groups in total. The summed E-state index contributed by atoms with van der Waals surface area (Å²) in [6.07, 6.45) is -0.491. The van der Waals surface area contributed by atoms with Crippen LogP contribution in [0.1, 0.15) is 45.7 Å². The van der Waals surface area contributed by atoms with Crippen LogP contribution in [0, 0.1) is 0 Å². The van der Waals surface area contributed by atoms with E-state index >= 15 is 0 Å². The molecule has 2 atom stereocenters. The van der Waals surface area contributed by atoms with Crippen molar-refractivity contribution in [2.24, 2.45) is 0 Å². The molecule has 0 fully saturated rings. The second-order valence-corrected chi connectivity index (χ2v) is 9.46. The van der Waals surface area contributed by atoms with E-state index in [1.165, 1.54) is 4.90 Å². The van der Waals surface area contributed by atoms with Crippen molar-refractivity contribution in [1.82, 2.24) is 4.90 Å². The van der Waals surface area contributed by atoms with E-state index in [0.29, 0.717) is 11.4 Å². The Hall–Kier alpha value is -3.06. The number of aliphatic hydroxyl groups is 1. The highest BCUT2D eigenvalue weighted by Crippen LogP contribution is 2.35. The normalized spacial score (nSPS) is 19.2. The second kappa shape index (κ2) is 9.20. The zero-order chi connectivity index (χ0) is 23.5. The van der Waals surface area contributed by atoms with Crippen molar-refractivity contribution in [1.29, 1.82) is 0 Å². The Bertz CT molecular complexity index is 952. The van der Waals surface area contributed by atoms with Crippen LogP contribution in [-0.4, -0.2) is 53.4 Å². The average Bonchev–Trinajstić information content (AvgIpc) is 2.87. The summed E-state index contributed by atoms with van der Waals surface area (Å²) in [5.74, 6) is 0.308. The fourth-order valence-electron chi connectivity index (χ4n) is 3.62. The first-order chi connectivity index (χ1) is 15.0. The minimum atomic E-state index is -1.21. The lowest BCUT2D eigenvalue weighted by Crippen LogP contribution is -2.47. The van der Waals surface area contributed by atoms with Crippen molar-refractivity contribution >= 4 is 17.7 Å². The van der Waals surface area contributed by atoms with E-state index in [1.54, 1.807) is 51.8 Å². The van der Waals surface area contributed by atoms with Gasteiger partial charge in [-0.2, -0.15) is 0 Å². The standard InChI is InChI=1S/C25H32N2O5/c1-24(2,3)32-23(29)26(5)20(18-11-7-6-8-12-18)15-22(28)27-16-25(4,30)17-31-21-14-10-9-13-19(21)27/h6-14,20,30H,15-17H2,1-5H3/t20-,25?/m0/s1. The maximum atomic E-state index is 13.6. The molecule has 0 radical (unpaired) electrons. The van der Waals surface area contributed by atoms with Crippen LogP contribution in [-0.2, 0) is 9.53 Å². The summed E-state index contributed by atoms with van der Waals surface area (Å²) in [5, 5.41) is 10.7. The lowest BCUT2D eigenvalue weighted by atomic mass is 10.0. The molecular weight excluding hydrogens is 408 g/mol. The number of para-hydroxylation sites is 2. The van der Waals surface area contributed by atoms with Crippen molar-refractivity contribution in [3.8, 4) is 5.75 Å². The van der Waals surface area contributed by atoms with Crippen LogP contribution < -0.4 is 9.64 Å². The molecule has 0 saturated carbocycles. The van der Waals surface area contributed by atoms with Gasteiger partial charge in [0.15, 0.2) is 0 Å². The Morgan fingerprint density at radius 2 is 1.78 bits per heavy atom. The molecule has 1 aliphatic rings. The van der Waals surface area contributed by atoms with E-state index in [4.69, 9.17) is 9.47 Å². The van der Waals surface area contributed by atoms with Crippen molar-refractivity contribution < 1.29 is 24.2 Å². The van der Waals surface area contributed by atoms with Crippen LogP contribution in [0.4, 0.5) is 10.5 Å². The summed E-state index contributed by atoms with van der Waals surface area (Å²) < 4.78 is 11.3. The zero-order valence-corrected chi connectivity index (χ0v) is 19.4. The van der Waals surface area contributed by atoms with Gasteiger partial charge in [0.1, 0.15) is 23.6 Å². The number of amides is 2. The van der Waals surface area contributed by atoms with E-state index in [1.807, 2.05) is 42.5 Å². The molecule has 1 aliphatic heterocycles. The Labute approximate surface area is 189 Å². The first-order valence-corrected chi connectivity index (χ1v) is 10.7. The van der Waals surface area contributed by atoms with Gasteiger partial charge >= 0.3 is 6.09 Å². The lowest BCUT2D eigenvalue weighted by Gasteiger charge is -2.33. The van der Waals surface area contributed by atoms with Crippen LogP contribution in [0.25, 0.3) is 0 Å². The number of benzene rings is 2. The van der Waals surface area contributed by atoms with Gasteiger partial charge < -0.3 is 24.4 Å². The lowest BCUT2D eigenvalue weighted by molar-refractivity contribution is -0.120. The molecule has 0 bridgehead atoms. The minimum Gasteiger partial charge on any atom is -0.488 e. The molecule has 1 unspecified atom stereocenters. The Morgan fingerprint density at radius 3 is 2.44 bits per heavy atom. The van der Waals surface area contributed by atoms with Crippen LogP contribution >= 0.6 is 0 Å². The fraction of sp³-hybridized carbons (Fsp3) is 0.440. The molecule has 2 amide bonds. The number of carbonyl (C=O) groups excluding carboxylic acids is 2. The van der Waals surface area contributed by atoms with Crippen LogP contribution in [0.2, 0.25) is 0 Å². The van der Waals surface area contributed by atoms with Gasteiger partial charge in [-0.15, -0.1) is 0 Å². The largest absolute Gasteiger partial charge is 0.488 e. The number of ether oxygens (including phenoxy) is 2. The SMILES string of the molecule is CN(C(=O)OC(C)(C)C)[C@@H](CC(=O)N1CC(C)(O)COc2ccccc21)c1ccccc1. The van der Waals surface area contributed by atoms with Crippen molar-refractivity contribution in [3.63, 3.8) is 0 Å². The molecule has 7 nitrogen and oxygen atoms in total. The van der Waals surface area contributed by atoms with E-state index in [0.717, 1.165) is 5.56 Å². The monoisotopic (exact) mass is 440 g/mol. The quantitative estimate of drug-likeness (QED) is 0.772. The summed E-state index contributed by atoms with van der Waals surface area (Å²) in [4.78, 5) is 29.4. The summed E-state index contributed by atoms with van der Waals surface area (Å²) in [7, 11) is 1.63. The van der Waals surface area contributed by atoms with Crippen molar-refractivity contribution in [2.75, 3.05) is 25.1 Å². The summed E-state index contributed by atoms with van der Waals surface area (Å²) >= 11 is 0. The van der Waals surface area contributed by atoms with Gasteiger partial charge in [0.05, 0.1) is 24.7 Å². The molecular formula is C25H32N2O5. The van der Waals surface area contributed by atoms with E-state index in [2.05, 4.69) is 0 Å². The van der Waals surface area contributed by atoms with Gasteiger partial charge in [0, 0.05) is 7.05 Å². The number of rotatable bonds is 4. The highest BCUT2D eigenvalue weighted by atomic mass is 16.6. The molecule has 172 valence electrons. The predicted octanol–water partition coefficient (Wildman–Crippen LogP) is 4.16. The van der Waals surface area contributed by atoms with Crippen LogP contribution in [0.5, 0.6) is 5.75 Å². The maximum Gasteiger partial charge on any atom is 0.410 e. The molecule has 0 aromatic heterocycles. The van der Waals surface area contributed by atoms with Crippen LogP contribution in [0.15, 0.2) is 54.6 Å². The number of carbonyl (C=O) groups is 2. The van der Waals surface area contributed by atoms with Gasteiger partial charge in [-0.3, -0.25) is 4.79 Å². The van der Waals surface area contributed by atoms with Crippen molar-refractivity contribution in [2.45, 2.75) is 51.4 Å². The fourth-order valence-corrected chi connectivity index (χ4v) is 3.62. The molecule has 2 aromatic carbocycles. The maximum absolute atomic E-state index is 13.6. The first-order valence-electron chi connectivity index (χ1n) is 10.7. The molecule has 3 rings (SSSR count). The van der Waals surface area contributed by atoms with Gasteiger partial charge in [0.25, 0.3) is 0 Å². The summed E-state index contributed by atoms with van der Waals surface area (Å²) in [5.41, 5.74) is -0.452. The van der Waals surface area contributed by atoms with E-state index in [-0.39, 0.29) is 25.5 Å². The number of β-amino-alcohol motifs (C(OH)–C–C–N with tert-alkyl or cyclic N) is 1. The third kappa shape index (κ3) is 5.79. The summed E-state index contributed by atoms with van der Waals surface area (Å²) in [6.45, 7) is 7.21. The number of nitrogens with zero attached hydrogens (tertiary/aromatic N) is 2. The average molecular weight is 441 g/mol. The molecule has 0 spiro atoms. The molecule has 7 heteroatoms. The second-order valence-electron chi connectivity index (χ2n) is 9.46. The Kier molecular flexibility index (Phi) is 6.79. The molecule has 1 heterocycles. The molecule has 2 aromatic rings. The van der Waals surface area contributed by atoms with Gasteiger partial charge in [0.2, 0.25) is 5.91 Å². The van der Waals surface area contributed by atoms with E-state index < -0.39 is 23.3 Å². The van der Waals surface area contributed by atoms with Crippen LogP contribution in [0.3, 0.4) is 0 Å². The van der Waals surface area contributed by atoms with E-state index in [9.17, 15) is 14.7 Å². The van der Waals surface area contributed by atoms with Gasteiger partial charge in [-0.1, -0.05) is 42.5 Å². The third-order valence-electron chi connectivity index (χ3n) is 5.20. The Balaban J connectivity index is 1.92. The third-order valence-corrected chi connectivity index (χ3v) is 5.20. The molecule has 0 aliphatic carbocycles. The molecule has 0 saturated heterocycles. The number of hydrogen-bond donors (Lipinski definition) is 1. The Morgan fingerprint density at radius 1 is 1.16 bits per heavy atom. The summed E-state index contributed by atoms with van der Waals surface area (Å²) in [6, 6.07) is 16.1. The van der Waals surface area contributed by atoms with Crippen molar-refractivity contribution in [3.05, 3.63) is 60.2 Å². The number of hydrogen-bond acceptors (Lipinski definition) is 5. The topological polar surface area (TPSA) is 79.3 Å². The number of anilines is 1. The minimum absolute atomic E-state index is 0.0180.